The molecular weight excluding hydrogens is 306 g/mol. The van der Waals surface area contributed by atoms with E-state index in [-0.39, 0.29) is 5.91 Å². The van der Waals surface area contributed by atoms with Gasteiger partial charge in [-0.25, -0.2) is 4.98 Å². The summed E-state index contributed by atoms with van der Waals surface area (Å²) in [7, 11) is 0. The van der Waals surface area contributed by atoms with Gasteiger partial charge in [-0.3, -0.25) is 4.79 Å². The van der Waals surface area contributed by atoms with E-state index in [9.17, 15) is 10.0 Å². The molecule has 0 saturated heterocycles. The molecule has 0 aliphatic rings. The molecule has 1 aromatic heterocycles. The Labute approximate surface area is 142 Å². The third kappa shape index (κ3) is 4.91. The van der Waals surface area contributed by atoms with Gasteiger partial charge >= 0.3 is 0 Å². The van der Waals surface area contributed by atoms with Crippen molar-refractivity contribution >= 4 is 16.8 Å². The Kier molecular flexibility index (Phi) is 6.96. The number of nitrogens with one attached hydrogen (secondary N) is 1. The van der Waals surface area contributed by atoms with Crippen molar-refractivity contribution in [2.45, 2.75) is 26.7 Å². The lowest BCUT2D eigenvalue weighted by Crippen LogP contribution is -2.33. The van der Waals surface area contributed by atoms with Crippen molar-refractivity contribution in [3.63, 3.8) is 0 Å². The molecule has 130 valence electrons. The van der Waals surface area contributed by atoms with E-state index >= 15 is 0 Å². The van der Waals surface area contributed by atoms with Gasteiger partial charge in [0.25, 0.3) is 5.91 Å². The summed E-state index contributed by atoms with van der Waals surface area (Å²) in [6, 6.07) is 9.19. The molecule has 0 aliphatic heterocycles. The number of carbonyl (C=O) groups excluding carboxylic acids is 1. The van der Waals surface area contributed by atoms with Crippen LogP contribution < -0.4 is 10.1 Å². The number of nitrogens with zero attached hydrogens (tertiary/aromatic N) is 2. The number of fused-ring (bicyclic) bond motifs is 1. The fourth-order valence-electron chi connectivity index (χ4n) is 2.29. The van der Waals surface area contributed by atoms with Gasteiger partial charge in [-0.05, 0) is 12.5 Å². The molecule has 6 heteroatoms. The molecular formula is C18H25N3O3. The molecule has 0 saturated carbocycles. The highest BCUT2D eigenvalue weighted by atomic mass is 16.5. The number of ether oxygens (including phenoxy) is 1. The molecule has 1 heterocycles. The number of likely N-dealkylation sites (N-methyl/N-ethyl adjacent to an activating group) is 1. The van der Waals surface area contributed by atoms with Crippen LogP contribution in [0.5, 0.6) is 5.88 Å². The van der Waals surface area contributed by atoms with E-state index in [1.165, 1.54) is 0 Å². The highest BCUT2D eigenvalue weighted by molar-refractivity contribution is 6.06. The molecule has 0 atom stereocenters. The number of hydrogen-bond acceptors (Lipinski definition) is 5. The van der Waals surface area contributed by atoms with E-state index in [0.29, 0.717) is 37.7 Å². The highest BCUT2D eigenvalue weighted by Crippen LogP contribution is 2.22. The SMILES string of the molecule is CCCCOc1cc(C(=O)NCCN(O)CC)c2ccccc2n1. The highest BCUT2D eigenvalue weighted by Gasteiger charge is 2.13. The summed E-state index contributed by atoms with van der Waals surface area (Å²) in [4.78, 5) is 17.0. The number of rotatable bonds is 9. The fraction of sp³-hybridized carbons (Fsp3) is 0.444. The van der Waals surface area contributed by atoms with Crippen LogP contribution in [0.15, 0.2) is 30.3 Å². The second-order valence-electron chi connectivity index (χ2n) is 5.53. The second-order valence-corrected chi connectivity index (χ2v) is 5.53. The topological polar surface area (TPSA) is 74.7 Å². The van der Waals surface area contributed by atoms with E-state index in [4.69, 9.17) is 4.74 Å². The molecule has 0 unspecified atom stereocenters. The Morgan fingerprint density at radius 1 is 1.33 bits per heavy atom. The van der Waals surface area contributed by atoms with Gasteiger partial charge in [0.05, 0.1) is 17.7 Å². The molecule has 6 nitrogen and oxygen atoms in total. The Bertz CT molecular complexity index is 676. The van der Waals surface area contributed by atoms with Crippen LogP contribution in [0, 0.1) is 0 Å². The lowest BCUT2D eigenvalue weighted by molar-refractivity contribution is -0.0841. The minimum Gasteiger partial charge on any atom is -0.478 e. The molecule has 0 bridgehead atoms. The van der Waals surface area contributed by atoms with Crippen LogP contribution in [-0.4, -0.2) is 47.4 Å². The van der Waals surface area contributed by atoms with Crippen molar-refractivity contribution in [2.75, 3.05) is 26.2 Å². The van der Waals surface area contributed by atoms with Crippen molar-refractivity contribution in [1.82, 2.24) is 15.4 Å². The Morgan fingerprint density at radius 3 is 2.88 bits per heavy atom. The van der Waals surface area contributed by atoms with Crippen LogP contribution in [0.25, 0.3) is 10.9 Å². The van der Waals surface area contributed by atoms with E-state index in [1.807, 2.05) is 31.2 Å². The molecule has 0 spiro atoms. The van der Waals surface area contributed by atoms with Crippen LogP contribution in [0.3, 0.4) is 0 Å². The largest absolute Gasteiger partial charge is 0.478 e. The number of hydrogen-bond donors (Lipinski definition) is 2. The van der Waals surface area contributed by atoms with Crippen LogP contribution in [0.2, 0.25) is 0 Å². The molecule has 2 rings (SSSR count). The molecule has 1 amide bonds. The number of amides is 1. The summed E-state index contributed by atoms with van der Waals surface area (Å²) in [5.74, 6) is 0.267. The van der Waals surface area contributed by atoms with Crippen LogP contribution in [0.1, 0.15) is 37.0 Å². The summed E-state index contributed by atoms with van der Waals surface area (Å²) in [5, 5.41) is 14.2. The first-order valence-electron chi connectivity index (χ1n) is 8.40. The van der Waals surface area contributed by atoms with E-state index in [0.717, 1.165) is 28.8 Å². The van der Waals surface area contributed by atoms with E-state index in [2.05, 4.69) is 17.2 Å². The number of benzene rings is 1. The first kappa shape index (κ1) is 18.2. The van der Waals surface area contributed by atoms with Crippen molar-refractivity contribution in [1.29, 1.82) is 0 Å². The zero-order chi connectivity index (χ0) is 17.4. The smallest absolute Gasteiger partial charge is 0.252 e. The summed E-state index contributed by atoms with van der Waals surface area (Å²) < 4.78 is 5.67. The lowest BCUT2D eigenvalue weighted by Gasteiger charge is -2.14. The number of unbranched alkanes of at least 4 members (excludes halogenated alkanes) is 1. The minimum atomic E-state index is -0.196. The molecule has 0 radical (unpaired) electrons. The number of hydroxylamine groups is 2. The molecule has 2 N–H and O–H groups in total. The van der Waals surface area contributed by atoms with Crippen molar-refractivity contribution in [3.05, 3.63) is 35.9 Å². The predicted octanol–water partition coefficient (Wildman–Crippen LogP) is 2.85. The average Bonchev–Trinajstić information content (AvgIpc) is 2.61. The van der Waals surface area contributed by atoms with Gasteiger partial charge in [0.1, 0.15) is 0 Å². The average molecular weight is 331 g/mol. The number of para-hydroxylation sites is 1. The standard InChI is InChI=1S/C18H25N3O3/c1-3-5-12-24-17-13-15(14-8-6-7-9-16(14)20-17)18(22)19-10-11-21(23)4-2/h6-9,13,23H,3-5,10-12H2,1-2H3,(H,19,22). The third-order valence-corrected chi connectivity index (χ3v) is 3.71. The van der Waals surface area contributed by atoms with Gasteiger partial charge < -0.3 is 15.3 Å². The molecule has 2 aromatic rings. The van der Waals surface area contributed by atoms with E-state index < -0.39 is 0 Å². The van der Waals surface area contributed by atoms with Gasteiger partial charge in [-0.15, -0.1) is 0 Å². The fourth-order valence-corrected chi connectivity index (χ4v) is 2.29. The number of aromatic nitrogens is 1. The summed E-state index contributed by atoms with van der Waals surface area (Å²) >= 11 is 0. The van der Waals surface area contributed by atoms with Crippen LogP contribution in [-0.2, 0) is 0 Å². The summed E-state index contributed by atoms with van der Waals surface area (Å²) in [5.41, 5.74) is 1.27. The monoisotopic (exact) mass is 331 g/mol. The summed E-state index contributed by atoms with van der Waals surface area (Å²) in [6.45, 7) is 5.79. The van der Waals surface area contributed by atoms with Crippen molar-refractivity contribution in [3.8, 4) is 5.88 Å². The van der Waals surface area contributed by atoms with Gasteiger partial charge in [-0.2, -0.15) is 5.06 Å². The van der Waals surface area contributed by atoms with Crippen LogP contribution >= 0.6 is 0 Å². The zero-order valence-electron chi connectivity index (χ0n) is 14.3. The number of pyridine rings is 1. The maximum atomic E-state index is 12.5. The first-order valence-corrected chi connectivity index (χ1v) is 8.40. The van der Waals surface area contributed by atoms with Gasteiger partial charge in [-0.1, -0.05) is 38.5 Å². The van der Waals surface area contributed by atoms with E-state index in [1.54, 1.807) is 6.07 Å². The molecule has 1 aromatic carbocycles. The van der Waals surface area contributed by atoms with Crippen LogP contribution in [0.4, 0.5) is 0 Å². The van der Waals surface area contributed by atoms with Crippen molar-refractivity contribution < 1.29 is 14.7 Å². The predicted molar refractivity (Wildman–Crippen MR) is 93.5 cm³/mol. The Balaban J connectivity index is 2.18. The van der Waals surface area contributed by atoms with Gasteiger partial charge in [0.2, 0.25) is 5.88 Å². The first-order chi connectivity index (χ1) is 11.7. The molecule has 0 aliphatic carbocycles. The molecule has 24 heavy (non-hydrogen) atoms. The summed E-state index contributed by atoms with van der Waals surface area (Å²) in [6.07, 6.45) is 1.98. The zero-order valence-corrected chi connectivity index (χ0v) is 14.3. The minimum absolute atomic E-state index is 0.196. The lowest BCUT2D eigenvalue weighted by atomic mass is 10.1. The quantitative estimate of drug-likeness (QED) is 0.546. The van der Waals surface area contributed by atoms with Gasteiger partial charge in [0, 0.05) is 31.1 Å². The number of carbonyl (C=O) groups is 1. The van der Waals surface area contributed by atoms with Gasteiger partial charge in [0.15, 0.2) is 0 Å². The molecule has 0 fully saturated rings. The normalized spacial score (nSPS) is 11.0. The Morgan fingerprint density at radius 2 is 2.12 bits per heavy atom. The Hall–Kier alpha value is -2.18. The second kappa shape index (κ2) is 9.20. The third-order valence-electron chi connectivity index (χ3n) is 3.71. The maximum absolute atomic E-state index is 12.5. The maximum Gasteiger partial charge on any atom is 0.252 e. The van der Waals surface area contributed by atoms with Crippen molar-refractivity contribution in [2.24, 2.45) is 0 Å².